The Labute approximate surface area is 373 Å². The minimum Gasteiger partial charge on any atom is -0.310 e. The summed E-state index contributed by atoms with van der Waals surface area (Å²) in [7, 11) is 0. The monoisotopic (exact) mass is 815 g/mol. The molecule has 3 nitrogen and oxygen atoms in total. The molecule has 0 bridgehead atoms. The molecule has 0 saturated carbocycles. The number of hydrogen-bond donors (Lipinski definition) is 0. The van der Waals surface area contributed by atoms with Gasteiger partial charge in [0.25, 0.3) is 0 Å². The first-order chi connectivity index (χ1) is 31.8. The van der Waals surface area contributed by atoms with Crippen LogP contribution in [0, 0.1) is 0 Å². The van der Waals surface area contributed by atoms with Gasteiger partial charge in [-0.1, -0.05) is 158 Å². The molecule has 0 radical (unpaired) electrons. The Kier molecular flexibility index (Phi) is 8.13. The van der Waals surface area contributed by atoms with Gasteiger partial charge in [0.1, 0.15) is 0 Å². The molecule has 0 fully saturated rings. The summed E-state index contributed by atoms with van der Waals surface area (Å²) in [5, 5.41) is 2.47. The van der Waals surface area contributed by atoms with E-state index in [2.05, 4.69) is 263 Å². The lowest BCUT2D eigenvalue weighted by Crippen LogP contribution is -2.26. The molecule has 2 aliphatic rings. The van der Waals surface area contributed by atoms with Gasteiger partial charge < -0.3 is 14.4 Å². The van der Waals surface area contributed by atoms with E-state index in [-0.39, 0.29) is 0 Å². The number of anilines is 6. The van der Waals surface area contributed by atoms with Gasteiger partial charge in [0.15, 0.2) is 0 Å². The fraction of sp³-hybridized carbons (Fsp3) is 0.0164. The van der Waals surface area contributed by atoms with E-state index in [1.165, 1.54) is 66.3 Å². The molecule has 0 atom stereocenters. The molecule has 0 saturated heterocycles. The molecule has 11 aromatic rings. The summed E-state index contributed by atoms with van der Waals surface area (Å²) < 4.78 is 2.41. The lowest BCUT2D eigenvalue weighted by molar-refractivity contribution is 0.793. The molecule has 1 aromatic heterocycles. The Hall–Kier alpha value is -8.40. The lowest BCUT2D eigenvalue weighted by Gasteiger charge is -2.33. The summed E-state index contributed by atoms with van der Waals surface area (Å²) >= 11 is 0. The first kappa shape index (κ1) is 36.3. The normalized spacial score (nSPS) is 12.8. The summed E-state index contributed by atoms with van der Waals surface area (Å²) in [4.78, 5) is 4.82. The molecule has 1 spiro atoms. The van der Waals surface area contributed by atoms with Crippen LogP contribution >= 0.6 is 0 Å². The summed E-state index contributed by atoms with van der Waals surface area (Å²) in [5.74, 6) is 0. The minimum atomic E-state index is -0.561. The third-order valence-corrected chi connectivity index (χ3v) is 13.5. The zero-order valence-corrected chi connectivity index (χ0v) is 35.0. The molecule has 0 unspecified atom stereocenters. The van der Waals surface area contributed by atoms with Crippen molar-refractivity contribution in [3.05, 3.63) is 271 Å². The maximum absolute atomic E-state index is 2.49. The molecule has 13 rings (SSSR count). The van der Waals surface area contributed by atoms with Gasteiger partial charge in [0, 0.05) is 50.6 Å². The van der Waals surface area contributed by atoms with E-state index in [1.54, 1.807) is 0 Å². The fourth-order valence-corrected chi connectivity index (χ4v) is 11.0. The van der Waals surface area contributed by atoms with Crippen molar-refractivity contribution in [1.29, 1.82) is 0 Å². The van der Waals surface area contributed by atoms with Crippen LogP contribution in [-0.2, 0) is 5.41 Å². The van der Waals surface area contributed by atoms with Crippen LogP contribution in [0.25, 0.3) is 49.7 Å². The summed E-state index contributed by atoms with van der Waals surface area (Å²) in [6.45, 7) is 0. The van der Waals surface area contributed by atoms with Crippen molar-refractivity contribution in [2.24, 2.45) is 0 Å². The second-order valence-electron chi connectivity index (χ2n) is 16.9. The van der Waals surface area contributed by atoms with Crippen molar-refractivity contribution in [2.45, 2.75) is 5.41 Å². The maximum Gasteiger partial charge on any atom is 0.0727 e. The van der Waals surface area contributed by atoms with E-state index >= 15 is 0 Å². The lowest BCUT2D eigenvalue weighted by atomic mass is 9.70. The highest BCUT2D eigenvalue weighted by Gasteiger charge is 2.52. The molecule has 1 heterocycles. The molecule has 3 heteroatoms. The average molecular weight is 816 g/mol. The number of benzene rings is 10. The number of rotatable bonds is 7. The van der Waals surface area contributed by atoms with Gasteiger partial charge in [-0.25, -0.2) is 0 Å². The Morgan fingerprint density at radius 2 is 0.656 bits per heavy atom. The highest BCUT2D eigenvalue weighted by atomic mass is 15.1. The molecular weight excluding hydrogens is 775 g/mol. The molecule has 0 N–H and O–H groups in total. The van der Waals surface area contributed by atoms with Crippen molar-refractivity contribution in [2.75, 3.05) is 9.80 Å². The van der Waals surface area contributed by atoms with Gasteiger partial charge in [0.05, 0.1) is 16.4 Å². The second kappa shape index (κ2) is 14.3. The van der Waals surface area contributed by atoms with Crippen LogP contribution in [0.4, 0.5) is 34.1 Å². The van der Waals surface area contributed by atoms with Gasteiger partial charge in [-0.3, -0.25) is 0 Å². The molecule has 10 aromatic carbocycles. The average Bonchev–Trinajstić information content (AvgIpc) is 3.97. The van der Waals surface area contributed by atoms with E-state index in [4.69, 9.17) is 0 Å². The fourth-order valence-electron chi connectivity index (χ4n) is 11.0. The predicted molar refractivity (Wildman–Crippen MR) is 266 cm³/mol. The van der Waals surface area contributed by atoms with Crippen molar-refractivity contribution >= 4 is 55.9 Å². The van der Waals surface area contributed by atoms with Crippen molar-refractivity contribution < 1.29 is 0 Å². The van der Waals surface area contributed by atoms with Crippen LogP contribution in [-0.4, -0.2) is 4.57 Å². The Balaban J connectivity index is 1.06. The zero-order valence-electron chi connectivity index (χ0n) is 35.0. The molecule has 64 heavy (non-hydrogen) atoms. The van der Waals surface area contributed by atoms with E-state index in [0.717, 1.165) is 39.8 Å². The van der Waals surface area contributed by atoms with E-state index in [0.29, 0.717) is 0 Å². The van der Waals surface area contributed by atoms with Crippen LogP contribution < -0.4 is 9.80 Å². The Morgan fingerprint density at radius 3 is 1.20 bits per heavy atom. The number of nitrogens with zero attached hydrogens (tertiary/aromatic N) is 3. The highest BCUT2D eigenvalue weighted by Crippen LogP contribution is 2.64. The van der Waals surface area contributed by atoms with E-state index < -0.39 is 5.41 Å². The van der Waals surface area contributed by atoms with E-state index in [9.17, 15) is 0 Å². The first-order valence-electron chi connectivity index (χ1n) is 22.1. The minimum absolute atomic E-state index is 0.561. The highest BCUT2D eigenvalue weighted by molar-refractivity contribution is 6.10. The molecule has 2 aliphatic carbocycles. The first-order valence-corrected chi connectivity index (χ1v) is 22.1. The third-order valence-electron chi connectivity index (χ3n) is 13.5. The van der Waals surface area contributed by atoms with Crippen LogP contribution in [0.15, 0.2) is 249 Å². The standard InChI is InChI=1S/C61H41N3/c1-5-19-42(20-6-1)62(43-21-7-2-8-22-43)46-33-36-51-52-37-34-47(40-58(52)61(57(51)39-46)55-30-16-13-27-49(55)50-28-14-17-31-56(50)61)63(44-23-9-3-10-24-44)48-35-38-54-53-29-15-18-32-59(53)64(60(54)41-48)45-25-11-4-12-26-45/h1-41H. The van der Waals surface area contributed by atoms with Crippen molar-refractivity contribution in [1.82, 2.24) is 4.57 Å². The molecule has 0 amide bonds. The van der Waals surface area contributed by atoms with Gasteiger partial charge >= 0.3 is 0 Å². The van der Waals surface area contributed by atoms with Gasteiger partial charge in [-0.2, -0.15) is 0 Å². The SMILES string of the molecule is c1ccc(N(c2ccccc2)c2ccc3c(c2)C2(c4ccccc4-c4ccccc42)c2cc(N(c4ccccc4)c4ccc5c6ccccc6n(-c6ccccc6)c5c4)ccc2-3)cc1. The Bertz CT molecular complexity index is 3470. The van der Waals surface area contributed by atoms with Crippen LogP contribution in [0.2, 0.25) is 0 Å². The van der Waals surface area contributed by atoms with Gasteiger partial charge in [0.2, 0.25) is 0 Å². The smallest absolute Gasteiger partial charge is 0.0727 e. The number of fused-ring (bicyclic) bond motifs is 13. The maximum atomic E-state index is 2.49. The van der Waals surface area contributed by atoms with Crippen LogP contribution in [0.5, 0.6) is 0 Å². The summed E-state index contributed by atoms with van der Waals surface area (Å²) in [6.07, 6.45) is 0. The number of hydrogen-bond acceptors (Lipinski definition) is 2. The van der Waals surface area contributed by atoms with Crippen LogP contribution in [0.3, 0.4) is 0 Å². The van der Waals surface area contributed by atoms with Crippen molar-refractivity contribution in [3.63, 3.8) is 0 Å². The second-order valence-corrected chi connectivity index (χ2v) is 16.9. The summed E-state index contributed by atoms with van der Waals surface area (Å²) in [6, 6.07) is 91.3. The van der Waals surface area contributed by atoms with Crippen LogP contribution in [0.1, 0.15) is 22.3 Å². The topological polar surface area (TPSA) is 11.4 Å². The zero-order chi connectivity index (χ0) is 42.2. The third kappa shape index (κ3) is 5.28. The Morgan fingerprint density at radius 1 is 0.266 bits per heavy atom. The largest absolute Gasteiger partial charge is 0.310 e. The molecule has 300 valence electrons. The predicted octanol–water partition coefficient (Wildman–Crippen LogP) is 16.1. The van der Waals surface area contributed by atoms with E-state index in [1.807, 2.05) is 0 Å². The molecule has 0 aliphatic heterocycles. The quantitative estimate of drug-likeness (QED) is 0.159. The summed E-state index contributed by atoms with van der Waals surface area (Å²) in [5.41, 5.74) is 19.9. The van der Waals surface area contributed by atoms with Crippen molar-refractivity contribution in [3.8, 4) is 27.9 Å². The molecular formula is C61H41N3. The van der Waals surface area contributed by atoms with Gasteiger partial charge in [-0.15, -0.1) is 0 Å². The number of aromatic nitrogens is 1. The van der Waals surface area contributed by atoms with Gasteiger partial charge in [-0.05, 0) is 136 Å². The number of para-hydroxylation sites is 5.